The quantitative estimate of drug-likeness (QED) is 0.640. The Bertz CT molecular complexity index is 198. The largest absolute Gasteiger partial charge is 0.492 e. The van der Waals surface area contributed by atoms with Crippen molar-refractivity contribution in [2.75, 3.05) is 13.7 Å². The Balaban J connectivity index is 2.67. The van der Waals surface area contributed by atoms with Crippen molar-refractivity contribution in [3.63, 3.8) is 0 Å². The number of allylic oxidation sites excluding steroid dienone is 1. The summed E-state index contributed by atoms with van der Waals surface area (Å²) >= 11 is 0. The van der Waals surface area contributed by atoms with E-state index in [0.29, 0.717) is 13.0 Å². The number of ketones is 1. The highest BCUT2D eigenvalue weighted by molar-refractivity contribution is 5.90. The van der Waals surface area contributed by atoms with Gasteiger partial charge in [-0.2, -0.15) is 0 Å². The summed E-state index contributed by atoms with van der Waals surface area (Å²) in [5, 5.41) is 0. The lowest BCUT2D eigenvalue weighted by atomic mass is 9.93. The summed E-state index contributed by atoms with van der Waals surface area (Å²) in [6, 6.07) is 0. The third-order valence-electron chi connectivity index (χ3n) is 2.12. The molecule has 0 N–H and O–H groups in total. The van der Waals surface area contributed by atoms with E-state index in [2.05, 4.69) is 0 Å². The van der Waals surface area contributed by atoms with Crippen molar-refractivity contribution in [3.8, 4) is 0 Å². The Morgan fingerprint density at radius 1 is 1.75 bits per heavy atom. The van der Waals surface area contributed by atoms with E-state index in [-0.39, 0.29) is 5.78 Å². The molecular formula is C9H14O3. The van der Waals surface area contributed by atoms with Gasteiger partial charge in [0.25, 0.3) is 0 Å². The van der Waals surface area contributed by atoms with Gasteiger partial charge in [0.1, 0.15) is 5.60 Å². The molecule has 0 spiro atoms. The minimum absolute atomic E-state index is 0.111. The number of hydrogen-bond donors (Lipinski definition) is 0. The van der Waals surface area contributed by atoms with Gasteiger partial charge in [-0.3, -0.25) is 4.79 Å². The average molecular weight is 170 g/mol. The van der Waals surface area contributed by atoms with E-state index in [9.17, 15) is 4.79 Å². The van der Waals surface area contributed by atoms with E-state index in [1.165, 1.54) is 12.3 Å². The summed E-state index contributed by atoms with van der Waals surface area (Å²) < 4.78 is 10.4. The third-order valence-corrected chi connectivity index (χ3v) is 2.12. The molecule has 0 bridgehead atoms. The molecule has 1 rings (SSSR count). The van der Waals surface area contributed by atoms with Gasteiger partial charge in [0.05, 0.1) is 19.3 Å². The SMILES string of the molecule is CCC1(COC)CC(=O)C=CO1. The number of methoxy groups -OCH3 is 1. The zero-order chi connectivity index (χ0) is 9.03. The molecule has 0 aromatic carbocycles. The Labute approximate surface area is 72.4 Å². The number of rotatable bonds is 3. The van der Waals surface area contributed by atoms with Crippen LogP contribution in [0.5, 0.6) is 0 Å². The van der Waals surface area contributed by atoms with E-state index in [0.717, 1.165) is 6.42 Å². The molecule has 3 heteroatoms. The zero-order valence-corrected chi connectivity index (χ0v) is 7.50. The molecule has 0 radical (unpaired) electrons. The normalized spacial score (nSPS) is 28.7. The van der Waals surface area contributed by atoms with Crippen molar-refractivity contribution in [3.05, 3.63) is 12.3 Å². The van der Waals surface area contributed by atoms with Gasteiger partial charge in [-0.25, -0.2) is 0 Å². The minimum Gasteiger partial charge on any atom is -0.492 e. The van der Waals surface area contributed by atoms with Gasteiger partial charge in [0.2, 0.25) is 0 Å². The Kier molecular flexibility index (Phi) is 2.87. The Morgan fingerprint density at radius 2 is 2.50 bits per heavy atom. The number of ether oxygens (including phenoxy) is 2. The Hall–Kier alpha value is -0.830. The molecule has 1 aliphatic rings. The molecule has 0 saturated heterocycles. The predicted octanol–water partition coefficient (Wildman–Crippen LogP) is 1.28. The average Bonchev–Trinajstić information content (AvgIpc) is 2.05. The fraction of sp³-hybridized carbons (Fsp3) is 0.667. The molecule has 0 aromatic rings. The lowest BCUT2D eigenvalue weighted by Crippen LogP contribution is -2.39. The van der Waals surface area contributed by atoms with Gasteiger partial charge < -0.3 is 9.47 Å². The number of carbonyl (C=O) groups is 1. The lowest BCUT2D eigenvalue weighted by molar-refractivity contribution is -0.126. The van der Waals surface area contributed by atoms with Crippen LogP contribution in [-0.2, 0) is 14.3 Å². The maximum atomic E-state index is 11.1. The number of carbonyl (C=O) groups excluding carboxylic acids is 1. The molecule has 1 atom stereocenters. The van der Waals surface area contributed by atoms with Crippen molar-refractivity contribution in [2.45, 2.75) is 25.4 Å². The van der Waals surface area contributed by atoms with Crippen molar-refractivity contribution in [1.29, 1.82) is 0 Å². The summed E-state index contributed by atoms with van der Waals surface area (Å²) in [6.45, 7) is 2.46. The van der Waals surface area contributed by atoms with Gasteiger partial charge in [-0.05, 0) is 6.42 Å². The summed E-state index contributed by atoms with van der Waals surface area (Å²) in [7, 11) is 1.61. The van der Waals surface area contributed by atoms with E-state index in [1.807, 2.05) is 6.92 Å². The van der Waals surface area contributed by atoms with Crippen molar-refractivity contribution >= 4 is 5.78 Å². The molecule has 1 aliphatic heterocycles. The highest BCUT2D eigenvalue weighted by atomic mass is 16.5. The standard InChI is InChI=1S/C9H14O3/c1-3-9(7-11-2)6-8(10)4-5-12-9/h4-5H,3,6-7H2,1-2H3. The topological polar surface area (TPSA) is 35.5 Å². The zero-order valence-electron chi connectivity index (χ0n) is 7.50. The minimum atomic E-state index is -0.416. The highest BCUT2D eigenvalue weighted by Gasteiger charge is 2.33. The molecule has 1 heterocycles. The first-order valence-electron chi connectivity index (χ1n) is 4.08. The van der Waals surface area contributed by atoms with Gasteiger partial charge in [0.15, 0.2) is 5.78 Å². The van der Waals surface area contributed by atoms with Crippen molar-refractivity contribution in [1.82, 2.24) is 0 Å². The van der Waals surface area contributed by atoms with Crippen molar-refractivity contribution in [2.24, 2.45) is 0 Å². The van der Waals surface area contributed by atoms with E-state index < -0.39 is 5.60 Å². The van der Waals surface area contributed by atoms with Crippen molar-refractivity contribution < 1.29 is 14.3 Å². The summed E-state index contributed by atoms with van der Waals surface area (Å²) in [5.74, 6) is 0.111. The van der Waals surface area contributed by atoms with Crippen LogP contribution in [-0.4, -0.2) is 25.1 Å². The highest BCUT2D eigenvalue weighted by Crippen LogP contribution is 2.25. The monoisotopic (exact) mass is 170 g/mol. The third kappa shape index (κ3) is 1.85. The maximum Gasteiger partial charge on any atom is 0.162 e. The molecule has 0 aliphatic carbocycles. The second-order valence-corrected chi connectivity index (χ2v) is 3.03. The first kappa shape index (κ1) is 9.26. The molecule has 68 valence electrons. The molecule has 0 amide bonds. The molecule has 0 saturated carbocycles. The van der Waals surface area contributed by atoms with Crippen LogP contribution < -0.4 is 0 Å². The summed E-state index contributed by atoms with van der Waals surface area (Å²) in [6.07, 6.45) is 4.14. The van der Waals surface area contributed by atoms with Gasteiger partial charge in [-0.15, -0.1) is 0 Å². The van der Waals surface area contributed by atoms with Crippen LogP contribution in [0.2, 0.25) is 0 Å². The van der Waals surface area contributed by atoms with Gasteiger partial charge >= 0.3 is 0 Å². The molecule has 0 aromatic heterocycles. The van der Waals surface area contributed by atoms with Crippen LogP contribution in [0, 0.1) is 0 Å². The van der Waals surface area contributed by atoms with Crippen LogP contribution >= 0.6 is 0 Å². The maximum absolute atomic E-state index is 11.1. The van der Waals surface area contributed by atoms with Crippen LogP contribution in [0.3, 0.4) is 0 Å². The molecular weight excluding hydrogens is 156 g/mol. The fourth-order valence-corrected chi connectivity index (χ4v) is 1.33. The first-order chi connectivity index (χ1) is 5.72. The molecule has 0 fully saturated rings. The smallest absolute Gasteiger partial charge is 0.162 e. The lowest BCUT2D eigenvalue weighted by Gasteiger charge is -2.32. The van der Waals surface area contributed by atoms with E-state index >= 15 is 0 Å². The fourth-order valence-electron chi connectivity index (χ4n) is 1.33. The molecule has 3 nitrogen and oxygen atoms in total. The second kappa shape index (κ2) is 3.72. The Morgan fingerprint density at radius 3 is 3.00 bits per heavy atom. The number of hydrogen-bond acceptors (Lipinski definition) is 3. The van der Waals surface area contributed by atoms with Crippen LogP contribution in [0.4, 0.5) is 0 Å². The van der Waals surface area contributed by atoms with Crippen LogP contribution in [0.1, 0.15) is 19.8 Å². The summed E-state index contributed by atoms with van der Waals surface area (Å²) in [5.41, 5.74) is -0.416. The van der Waals surface area contributed by atoms with Crippen LogP contribution in [0.15, 0.2) is 12.3 Å². The first-order valence-corrected chi connectivity index (χ1v) is 4.08. The summed E-state index contributed by atoms with van der Waals surface area (Å²) in [4.78, 5) is 11.1. The van der Waals surface area contributed by atoms with E-state index in [4.69, 9.17) is 9.47 Å². The molecule has 1 unspecified atom stereocenters. The second-order valence-electron chi connectivity index (χ2n) is 3.03. The van der Waals surface area contributed by atoms with Gasteiger partial charge in [-0.1, -0.05) is 6.92 Å². The van der Waals surface area contributed by atoms with Gasteiger partial charge in [0, 0.05) is 13.2 Å². The molecule has 12 heavy (non-hydrogen) atoms. The predicted molar refractivity (Wildman–Crippen MR) is 44.7 cm³/mol. The van der Waals surface area contributed by atoms with Crippen LogP contribution in [0.25, 0.3) is 0 Å². The van der Waals surface area contributed by atoms with E-state index in [1.54, 1.807) is 7.11 Å².